The third-order valence-electron chi connectivity index (χ3n) is 6.02. The van der Waals surface area contributed by atoms with Gasteiger partial charge in [-0.15, -0.1) is 0 Å². The lowest BCUT2D eigenvalue weighted by atomic mass is 9.93. The van der Waals surface area contributed by atoms with Crippen LogP contribution in [0.2, 0.25) is 0 Å². The number of aromatic nitrogens is 3. The van der Waals surface area contributed by atoms with Crippen molar-refractivity contribution in [2.75, 3.05) is 42.0 Å². The standard InChI is InChI=1S/C28H27N3O6/c1-32-15-36-23-11-19(17-7-5-9-30-25(17)27(23)34-3)21-13-29-14-22(21)20-12-24(37-16-33-2)28(35-4)26-18(20)8-6-10-31-26/h5-14,29H,15-16H2,1-4H3. The van der Waals surface area contributed by atoms with Gasteiger partial charge in [-0.05, 0) is 35.4 Å². The fourth-order valence-corrected chi connectivity index (χ4v) is 4.50. The van der Waals surface area contributed by atoms with Crippen molar-refractivity contribution in [3.8, 4) is 45.3 Å². The van der Waals surface area contributed by atoms with Crippen LogP contribution < -0.4 is 18.9 Å². The van der Waals surface area contributed by atoms with Gasteiger partial charge < -0.3 is 33.4 Å². The zero-order valence-electron chi connectivity index (χ0n) is 21.0. The van der Waals surface area contributed by atoms with Crippen LogP contribution in [0, 0.1) is 0 Å². The lowest BCUT2D eigenvalue weighted by Crippen LogP contribution is -2.03. The molecule has 9 nitrogen and oxygen atoms in total. The second kappa shape index (κ2) is 10.7. The second-order valence-corrected chi connectivity index (χ2v) is 8.09. The maximum absolute atomic E-state index is 5.88. The van der Waals surface area contributed by atoms with Crippen molar-refractivity contribution in [2.24, 2.45) is 0 Å². The number of pyridine rings is 2. The number of hydrogen-bond donors (Lipinski definition) is 1. The topological polar surface area (TPSA) is 97.0 Å². The summed E-state index contributed by atoms with van der Waals surface area (Å²) in [5.41, 5.74) is 5.08. The van der Waals surface area contributed by atoms with E-state index in [9.17, 15) is 0 Å². The first-order valence-corrected chi connectivity index (χ1v) is 11.5. The number of methoxy groups -OCH3 is 4. The Morgan fingerprint density at radius 3 is 1.51 bits per heavy atom. The van der Waals surface area contributed by atoms with E-state index in [1.165, 1.54) is 0 Å². The first-order chi connectivity index (χ1) is 18.2. The van der Waals surface area contributed by atoms with Crippen LogP contribution in [-0.4, -0.2) is 57.0 Å². The Hall–Kier alpha value is -4.34. The van der Waals surface area contributed by atoms with E-state index in [0.29, 0.717) is 34.0 Å². The van der Waals surface area contributed by atoms with Gasteiger partial charge in [0, 0.05) is 60.9 Å². The molecule has 0 unspecified atom stereocenters. The summed E-state index contributed by atoms with van der Waals surface area (Å²) >= 11 is 0. The van der Waals surface area contributed by atoms with E-state index < -0.39 is 0 Å². The fraction of sp³-hybridized carbons (Fsp3) is 0.214. The number of fused-ring (bicyclic) bond motifs is 2. The summed E-state index contributed by atoms with van der Waals surface area (Å²) < 4.78 is 33.4. The molecule has 0 aliphatic rings. The van der Waals surface area contributed by atoms with Crippen LogP contribution in [0.4, 0.5) is 0 Å². The summed E-state index contributed by atoms with van der Waals surface area (Å²) in [5.74, 6) is 2.15. The number of hydrogen-bond acceptors (Lipinski definition) is 8. The smallest absolute Gasteiger partial charge is 0.188 e. The highest BCUT2D eigenvalue weighted by atomic mass is 16.7. The molecular formula is C28H27N3O6. The summed E-state index contributed by atoms with van der Waals surface area (Å²) in [6.07, 6.45) is 7.36. The van der Waals surface area contributed by atoms with Crippen LogP contribution in [0.15, 0.2) is 61.2 Å². The van der Waals surface area contributed by atoms with Crippen molar-refractivity contribution < 1.29 is 28.4 Å². The molecule has 0 aliphatic carbocycles. The van der Waals surface area contributed by atoms with E-state index in [2.05, 4.69) is 15.0 Å². The minimum Gasteiger partial charge on any atom is -0.491 e. The summed E-state index contributed by atoms with van der Waals surface area (Å²) in [7, 11) is 6.34. The van der Waals surface area contributed by atoms with Crippen molar-refractivity contribution in [2.45, 2.75) is 0 Å². The van der Waals surface area contributed by atoms with Crippen LogP contribution in [0.25, 0.3) is 44.1 Å². The van der Waals surface area contributed by atoms with Gasteiger partial charge in [-0.25, -0.2) is 0 Å². The molecule has 0 spiro atoms. The summed E-state index contributed by atoms with van der Waals surface area (Å²) in [6, 6.07) is 11.7. The number of ether oxygens (including phenoxy) is 6. The van der Waals surface area contributed by atoms with Crippen LogP contribution >= 0.6 is 0 Å². The Balaban J connectivity index is 1.78. The van der Waals surface area contributed by atoms with Gasteiger partial charge in [0.2, 0.25) is 0 Å². The Bertz CT molecular complexity index is 1430. The van der Waals surface area contributed by atoms with Crippen LogP contribution in [0.1, 0.15) is 0 Å². The molecule has 0 atom stereocenters. The van der Waals surface area contributed by atoms with Crippen LogP contribution in [-0.2, 0) is 9.47 Å². The molecule has 37 heavy (non-hydrogen) atoms. The van der Waals surface area contributed by atoms with Crippen LogP contribution in [0.3, 0.4) is 0 Å². The third kappa shape index (κ3) is 4.39. The van der Waals surface area contributed by atoms with Gasteiger partial charge in [-0.2, -0.15) is 0 Å². The molecule has 0 saturated heterocycles. The van der Waals surface area contributed by atoms with Gasteiger partial charge in [0.15, 0.2) is 36.6 Å². The molecule has 3 aromatic heterocycles. The molecule has 5 aromatic rings. The Morgan fingerprint density at radius 1 is 0.649 bits per heavy atom. The molecule has 0 amide bonds. The number of aromatic amines is 1. The molecule has 0 fully saturated rings. The zero-order chi connectivity index (χ0) is 25.8. The largest absolute Gasteiger partial charge is 0.491 e. The zero-order valence-corrected chi connectivity index (χ0v) is 21.0. The molecule has 2 aromatic carbocycles. The molecule has 190 valence electrons. The predicted octanol–water partition coefficient (Wildman–Crippen LogP) is 5.43. The van der Waals surface area contributed by atoms with Gasteiger partial charge in [-0.3, -0.25) is 9.97 Å². The second-order valence-electron chi connectivity index (χ2n) is 8.09. The van der Waals surface area contributed by atoms with Crippen LogP contribution in [0.5, 0.6) is 23.0 Å². The van der Waals surface area contributed by atoms with Gasteiger partial charge in [0.05, 0.1) is 14.2 Å². The Morgan fingerprint density at radius 2 is 1.11 bits per heavy atom. The molecule has 1 N–H and O–H groups in total. The Kier molecular flexibility index (Phi) is 7.07. The van der Waals surface area contributed by atoms with E-state index in [0.717, 1.165) is 33.0 Å². The summed E-state index contributed by atoms with van der Waals surface area (Å²) in [6.45, 7) is 0.145. The SMILES string of the molecule is COCOc1cc(-c2c[nH]cc2-c2cc(OCOC)c(OC)c3ncccc23)c2cccnc2c1OC. The van der Waals surface area contributed by atoms with Crippen molar-refractivity contribution in [3.05, 3.63) is 61.2 Å². The monoisotopic (exact) mass is 501 g/mol. The minimum atomic E-state index is 0.0725. The van der Waals surface area contributed by atoms with E-state index in [1.807, 2.05) is 48.8 Å². The highest BCUT2D eigenvalue weighted by Crippen LogP contribution is 2.47. The average Bonchev–Trinajstić information content (AvgIpc) is 3.43. The number of benzene rings is 2. The quantitative estimate of drug-likeness (QED) is 0.253. The lowest BCUT2D eigenvalue weighted by Gasteiger charge is -2.17. The maximum Gasteiger partial charge on any atom is 0.188 e. The third-order valence-corrected chi connectivity index (χ3v) is 6.02. The van der Waals surface area contributed by atoms with E-state index in [4.69, 9.17) is 28.4 Å². The number of rotatable bonds is 10. The van der Waals surface area contributed by atoms with Crippen molar-refractivity contribution in [1.29, 1.82) is 0 Å². The summed E-state index contributed by atoms with van der Waals surface area (Å²) in [5, 5.41) is 1.83. The number of nitrogens with one attached hydrogen (secondary N) is 1. The minimum absolute atomic E-state index is 0.0725. The molecule has 3 heterocycles. The summed E-state index contributed by atoms with van der Waals surface area (Å²) in [4.78, 5) is 12.5. The van der Waals surface area contributed by atoms with Gasteiger partial charge in [-0.1, -0.05) is 12.1 Å². The van der Waals surface area contributed by atoms with Crippen molar-refractivity contribution in [3.63, 3.8) is 0 Å². The first-order valence-electron chi connectivity index (χ1n) is 11.5. The maximum atomic E-state index is 5.88. The first kappa shape index (κ1) is 24.4. The van der Waals surface area contributed by atoms with Gasteiger partial charge in [0.25, 0.3) is 0 Å². The number of nitrogens with zero attached hydrogens (tertiary/aromatic N) is 2. The molecule has 0 saturated carbocycles. The van der Waals surface area contributed by atoms with Gasteiger partial charge in [0.1, 0.15) is 11.0 Å². The van der Waals surface area contributed by atoms with Crippen molar-refractivity contribution >= 4 is 21.8 Å². The molecule has 0 bridgehead atoms. The fourth-order valence-electron chi connectivity index (χ4n) is 4.50. The van der Waals surface area contributed by atoms with E-state index in [-0.39, 0.29) is 13.6 Å². The average molecular weight is 502 g/mol. The molecular weight excluding hydrogens is 474 g/mol. The molecule has 0 radical (unpaired) electrons. The Labute approximate surface area is 213 Å². The predicted molar refractivity (Wildman–Crippen MR) is 140 cm³/mol. The highest BCUT2D eigenvalue weighted by Gasteiger charge is 2.22. The normalized spacial score (nSPS) is 11.1. The van der Waals surface area contributed by atoms with E-state index in [1.54, 1.807) is 40.8 Å². The molecule has 0 aliphatic heterocycles. The number of H-pyrrole nitrogens is 1. The lowest BCUT2D eigenvalue weighted by molar-refractivity contribution is 0.0492. The van der Waals surface area contributed by atoms with E-state index >= 15 is 0 Å². The molecule has 5 rings (SSSR count). The highest BCUT2D eigenvalue weighted by molar-refractivity contribution is 6.07. The van der Waals surface area contributed by atoms with Gasteiger partial charge >= 0.3 is 0 Å². The molecule has 9 heteroatoms. The van der Waals surface area contributed by atoms with Crippen molar-refractivity contribution in [1.82, 2.24) is 15.0 Å².